The van der Waals surface area contributed by atoms with Crippen LogP contribution in [0.25, 0.3) is 10.8 Å². The lowest BCUT2D eigenvalue weighted by atomic mass is 10.1. The van der Waals surface area contributed by atoms with E-state index in [1.54, 1.807) is 18.2 Å². The Morgan fingerprint density at radius 2 is 1.48 bits per heavy atom. The summed E-state index contributed by atoms with van der Waals surface area (Å²) in [4.78, 5) is 36.1. The molecule has 8 heteroatoms. The molecule has 0 aliphatic rings. The van der Waals surface area contributed by atoms with Crippen molar-refractivity contribution < 1.29 is 19.2 Å². The molecule has 0 aliphatic heterocycles. The quantitative estimate of drug-likeness (QED) is 0.155. The fourth-order valence-electron chi connectivity index (χ4n) is 3.34. The number of ether oxygens (including phenoxy) is 1. The number of fused-ring (bicyclic) bond motifs is 1. The smallest absolute Gasteiger partial charge is 0.275 e. The third-order valence-corrected chi connectivity index (χ3v) is 5.03. The lowest BCUT2D eigenvalue weighted by Gasteiger charge is -2.15. The van der Waals surface area contributed by atoms with E-state index in [0.29, 0.717) is 5.01 Å². The molecule has 4 rings (SSSR count). The number of rotatable bonds is 6. The number of non-ortho nitro benzene ring substituents is 1. The second kappa shape index (κ2) is 9.29. The van der Waals surface area contributed by atoms with Gasteiger partial charge >= 0.3 is 0 Å². The molecule has 33 heavy (non-hydrogen) atoms. The summed E-state index contributed by atoms with van der Waals surface area (Å²) in [7, 11) is 0. The normalized spacial score (nSPS) is 10.6. The molecule has 0 unspecified atom stereocenters. The number of hydrogen-bond donors (Lipinski definition) is 1. The SMILES string of the molecule is NN(C(=O)c1ccccc1)C(=O)c1cc(OCc2ccc3ccccc3c2)cc([N+](=O)[O-])c1. The molecule has 0 saturated carbocycles. The van der Waals surface area contributed by atoms with Gasteiger partial charge in [-0.25, -0.2) is 10.9 Å². The van der Waals surface area contributed by atoms with Gasteiger partial charge in [0, 0.05) is 11.6 Å². The molecule has 8 nitrogen and oxygen atoms in total. The van der Waals surface area contributed by atoms with Crippen molar-refractivity contribution in [2.45, 2.75) is 6.61 Å². The van der Waals surface area contributed by atoms with E-state index in [1.807, 2.05) is 42.5 Å². The summed E-state index contributed by atoms with van der Waals surface area (Å²) in [5, 5.41) is 13.9. The van der Waals surface area contributed by atoms with E-state index in [9.17, 15) is 19.7 Å². The highest BCUT2D eigenvalue weighted by molar-refractivity contribution is 6.10. The fraction of sp³-hybridized carbons (Fsp3) is 0.0400. The number of imide groups is 1. The zero-order valence-electron chi connectivity index (χ0n) is 17.4. The molecular weight excluding hydrogens is 422 g/mol. The van der Waals surface area contributed by atoms with Gasteiger partial charge in [0.15, 0.2) is 0 Å². The molecule has 0 radical (unpaired) electrons. The van der Waals surface area contributed by atoms with Crippen LogP contribution in [0.4, 0.5) is 5.69 Å². The number of amides is 2. The van der Waals surface area contributed by atoms with Crippen molar-refractivity contribution in [1.29, 1.82) is 0 Å². The van der Waals surface area contributed by atoms with Crippen LogP contribution in [-0.4, -0.2) is 21.7 Å². The van der Waals surface area contributed by atoms with Crippen LogP contribution in [0, 0.1) is 10.1 Å². The Kier molecular flexibility index (Phi) is 6.10. The van der Waals surface area contributed by atoms with Gasteiger partial charge in [0.05, 0.1) is 16.6 Å². The van der Waals surface area contributed by atoms with Crippen molar-refractivity contribution in [1.82, 2.24) is 5.01 Å². The maximum atomic E-state index is 12.8. The average molecular weight is 441 g/mol. The van der Waals surface area contributed by atoms with Crippen molar-refractivity contribution >= 4 is 28.3 Å². The van der Waals surface area contributed by atoms with Gasteiger partial charge in [-0.05, 0) is 40.6 Å². The summed E-state index contributed by atoms with van der Waals surface area (Å²) < 4.78 is 5.75. The second-order valence-electron chi connectivity index (χ2n) is 7.29. The number of carbonyl (C=O) groups excluding carboxylic acids is 2. The third-order valence-electron chi connectivity index (χ3n) is 5.03. The molecule has 164 valence electrons. The number of nitrogens with zero attached hydrogens (tertiary/aromatic N) is 2. The molecule has 2 N–H and O–H groups in total. The van der Waals surface area contributed by atoms with Gasteiger partial charge in [0.1, 0.15) is 12.4 Å². The highest BCUT2D eigenvalue weighted by atomic mass is 16.6. The number of nitro groups is 1. The standard InChI is InChI=1S/C25H19N3O5/c26-27(24(29)19-7-2-1-3-8-19)25(30)21-13-22(28(31)32)15-23(14-21)33-16-17-10-11-18-6-4-5-9-20(18)12-17/h1-15H,16,26H2. The van der Waals surface area contributed by atoms with Gasteiger partial charge < -0.3 is 4.74 Å². The Bertz CT molecular complexity index is 1350. The molecule has 0 fully saturated rings. The molecule has 0 atom stereocenters. The summed E-state index contributed by atoms with van der Waals surface area (Å²) in [6, 6.07) is 25.3. The van der Waals surface area contributed by atoms with E-state index in [2.05, 4.69) is 0 Å². The number of benzene rings is 4. The lowest BCUT2D eigenvalue weighted by molar-refractivity contribution is -0.385. The topological polar surface area (TPSA) is 116 Å². The zero-order valence-corrected chi connectivity index (χ0v) is 17.4. The molecule has 4 aromatic carbocycles. The van der Waals surface area contributed by atoms with Gasteiger partial charge in [-0.3, -0.25) is 19.7 Å². The van der Waals surface area contributed by atoms with E-state index in [0.717, 1.165) is 22.4 Å². The van der Waals surface area contributed by atoms with E-state index < -0.39 is 16.7 Å². The molecule has 0 saturated heterocycles. The first-order chi connectivity index (χ1) is 15.9. The Balaban J connectivity index is 1.57. The number of hydrazine groups is 1. The van der Waals surface area contributed by atoms with Crippen LogP contribution in [0.2, 0.25) is 0 Å². The van der Waals surface area contributed by atoms with E-state index >= 15 is 0 Å². The lowest BCUT2D eigenvalue weighted by Crippen LogP contribution is -2.42. The van der Waals surface area contributed by atoms with Gasteiger partial charge in [-0.1, -0.05) is 54.6 Å². The van der Waals surface area contributed by atoms with Gasteiger partial charge in [0.2, 0.25) is 0 Å². The summed E-state index contributed by atoms with van der Waals surface area (Å²) >= 11 is 0. The second-order valence-corrected chi connectivity index (χ2v) is 7.29. The summed E-state index contributed by atoms with van der Waals surface area (Å²) in [5.41, 5.74) is 0.582. The summed E-state index contributed by atoms with van der Waals surface area (Å²) in [6.45, 7) is 0.134. The van der Waals surface area contributed by atoms with Crippen LogP contribution in [0.5, 0.6) is 5.75 Å². The molecule has 0 aliphatic carbocycles. The predicted molar refractivity (Wildman–Crippen MR) is 123 cm³/mol. The predicted octanol–water partition coefficient (Wildman–Crippen LogP) is 4.48. The maximum absolute atomic E-state index is 12.8. The minimum Gasteiger partial charge on any atom is -0.489 e. The van der Waals surface area contributed by atoms with Crippen molar-refractivity contribution in [3.8, 4) is 5.75 Å². The van der Waals surface area contributed by atoms with Crippen molar-refractivity contribution in [3.63, 3.8) is 0 Å². The Labute approximate surface area is 188 Å². The van der Waals surface area contributed by atoms with Crippen molar-refractivity contribution in [3.05, 3.63) is 118 Å². The van der Waals surface area contributed by atoms with Crippen LogP contribution >= 0.6 is 0 Å². The van der Waals surface area contributed by atoms with Gasteiger partial charge in [-0.15, -0.1) is 0 Å². The Hall–Kier alpha value is -4.56. The maximum Gasteiger partial charge on any atom is 0.275 e. The van der Waals surface area contributed by atoms with Crippen LogP contribution in [0.3, 0.4) is 0 Å². The molecule has 0 aromatic heterocycles. The highest BCUT2D eigenvalue weighted by Crippen LogP contribution is 2.25. The molecule has 0 spiro atoms. The van der Waals surface area contributed by atoms with Crippen molar-refractivity contribution in [2.24, 2.45) is 5.84 Å². The monoisotopic (exact) mass is 441 g/mol. The third kappa shape index (κ3) is 4.86. The minimum absolute atomic E-state index is 0.112. The number of nitro benzene ring substituents is 1. The molecular formula is C25H19N3O5. The van der Waals surface area contributed by atoms with E-state index in [1.165, 1.54) is 24.3 Å². The first-order valence-corrected chi connectivity index (χ1v) is 10.0. The van der Waals surface area contributed by atoms with Crippen molar-refractivity contribution in [2.75, 3.05) is 0 Å². The van der Waals surface area contributed by atoms with Gasteiger partial charge in [0.25, 0.3) is 17.5 Å². The molecule has 2 amide bonds. The first kappa shape index (κ1) is 21.7. The zero-order chi connectivity index (χ0) is 23.4. The first-order valence-electron chi connectivity index (χ1n) is 10.0. The number of carbonyl (C=O) groups is 2. The Morgan fingerprint density at radius 1 is 0.818 bits per heavy atom. The Morgan fingerprint density at radius 3 is 2.21 bits per heavy atom. The molecule has 0 bridgehead atoms. The highest BCUT2D eigenvalue weighted by Gasteiger charge is 2.24. The van der Waals surface area contributed by atoms with Gasteiger partial charge in [-0.2, -0.15) is 0 Å². The fourth-order valence-corrected chi connectivity index (χ4v) is 3.34. The van der Waals surface area contributed by atoms with E-state index in [4.69, 9.17) is 10.6 Å². The molecule has 4 aromatic rings. The van der Waals surface area contributed by atoms with E-state index in [-0.39, 0.29) is 29.2 Å². The number of nitrogens with two attached hydrogens (primary N) is 1. The van der Waals surface area contributed by atoms with Crippen LogP contribution in [0.15, 0.2) is 91.0 Å². The van der Waals surface area contributed by atoms with Crippen LogP contribution in [0.1, 0.15) is 26.3 Å². The average Bonchev–Trinajstić information content (AvgIpc) is 2.86. The van der Waals surface area contributed by atoms with Crippen LogP contribution < -0.4 is 10.6 Å². The largest absolute Gasteiger partial charge is 0.489 e. The number of hydrogen-bond acceptors (Lipinski definition) is 6. The minimum atomic E-state index is -0.886. The summed E-state index contributed by atoms with van der Waals surface area (Å²) in [5.74, 6) is 4.24. The van der Waals surface area contributed by atoms with Crippen LogP contribution in [-0.2, 0) is 6.61 Å². The summed E-state index contributed by atoms with van der Waals surface area (Å²) in [6.07, 6.45) is 0. The molecule has 0 heterocycles.